The summed E-state index contributed by atoms with van der Waals surface area (Å²) in [5, 5.41) is 0. The van der Waals surface area contributed by atoms with Crippen LogP contribution in [0, 0.1) is 5.82 Å². The van der Waals surface area contributed by atoms with Crippen LogP contribution in [0.1, 0.15) is 18.5 Å². The molecule has 3 aromatic rings. The van der Waals surface area contributed by atoms with Crippen LogP contribution in [0.5, 0.6) is 5.75 Å². The predicted molar refractivity (Wildman–Crippen MR) is 80.9 cm³/mol. The van der Waals surface area contributed by atoms with Crippen molar-refractivity contribution in [2.24, 2.45) is 0 Å². The second-order valence-corrected chi connectivity index (χ2v) is 4.90. The maximum absolute atomic E-state index is 13.8. The summed E-state index contributed by atoms with van der Waals surface area (Å²) in [4.78, 5) is 4.13. The number of halogens is 1. The number of hydrogen-bond acceptors (Lipinski definition) is 3. The molecule has 0 aliphatic carbocycles. The van der Waals surface area contributed by atoms with Crippen LogP contribution < -0.4 is 10.5 Å². The molecule has 0 aliphatic heterocycles. The molecule has 0 saturated carbocycles. The third-order valence-electron chi connectivity index (χ3n) is 3.68. The lowest BCUT2D eigenvalue weighted by molar-refractivity contribution is 0.414. The van der Waals surface area contributed by atoms with Crippen LogP contribution in [0.4, 0.5) is 10.3 Å². The van der Waals surface area contributed by atoms with Gasteiger partial charge in [-0.05, 0) is 36.8 Å². The average molecular weight is 285 g/mol. The van der Waals surface area contributed by atoms with E-state index in [1.807, 2.05) is 41.8 Å². The number of nitrogen functional groups attached to an aromatic ring is 1. The summed E-state index contributed by atoms with van der Waals surface area (Å²) < 4.78 is 20.8. The molecule has 4 nitrogen and oxygen atoms in total. The zero-order chi connectivity index (χ0) is 15.0. The van der Waals surface area contributed by atoms with Crippen molar-refractivity contribution in [2.45, 2.75) is 13.0 Å². The average Bonchev–Trinajstić information content (AvgIpc) is 2.84. The van der Waals surface area contributed by atoms with Crippen LogP contribution in [0.15, 0.2) is 42.5 Å². The van der Waals surface area contributed by atoms with Crippen molar-refractivity contribution in [3.05, 3.63) is 53.8 Å². The zero-order valence-electron chi connectivity index (χ0n) is 11.9. The van der Waals surface area contributed by atoms with Crippen LogP contribution >= 0.6 is 0 Å². The molecule has 0 bridgehead atoms. The van der Waals surface area contributed by atoms with Crippen LogP contribution in [0.3, 0.4) is 0 Å². The first kappa shape index (κ1) is 13.4. The first-order chi connectivity index (χ1) is 10.1. The van der Waals surface area contributed by atoms with E-state index in [1.165, 1.54) is 6.07 Å². The summed E-state index contributed by atoms with van der Waals surface area (Å²) in [6, 6.07) is 12.5. The first-order valence-corrected chi connectivity index (χ1v) is 6.67. The van der Waals surface area contributed by atoms with Crippen LogP contribution in [0.2, 0.25) is 0 Å². The van der Waals surface area contributed by atoms with Gasteiger partial charge in [0.25, 0.3) is 0 Å². The fraction of sp³-hybridized carbons (Fsp3) is 0.188. The Morgan fingerprint density at radius 2 is 1.90 bits per heavy atom. The number of fused-ring (bicyclic) bond motifs is 1. The van der Waals surface area contributed by atoms with Crippen LogP contribution in [-0.2, 0) is 0 Å². The van der Waals surface area contributed by atoms with E-state index in [4.69, 9.17) is 10.5 Å². The first-order valence-electron chi connectivity index (χ1n) is 6.67. The van der Waals surface area contributed by atoms with Gasteiger partial charge in [0.1, 0.15) is 11.3 Å². The molecule has 0 fully saturated rings. The standard InChI is InChI=1S/C16H16FN3O/c1-10(11-6-8-12(21-2)9-7-11)20-14-5-3-4-13(17)15(14)19-16(20)18/h3-10H,1-2H3,(H2,18,19). The van der Waals surface area contributed by atoms with Crippen molar-refractivity contribution in [1.29, 1.82) is 0 Å². The van der Waals surface area contributed by atoms with Gasteiger partial charge in [-0.15, -0.1) is 0 Å². The Labute approximate surface area is 122 Å². The van der Waals surface area contributed by atoms with Crippen LogP contribution in [-0.4, -0.2) is 16.7 Å². The summed E-state index contributed by atoms with van der Waals surface area (Å²) in [7, 11) is 1.63. The van der Waals surface area contributed by atoms with E-state index in [0.717, 1.165) is 11.3 Å². The second kappa shape index (κ2) is 5.09. The third kappa shape index (κ3) is 2.20. The van der Waals surface area contributed by atoms with Gasteiger partial charge >= 0.3 is 0 Å². The summed E-state index contributed by atoms with van der Waals surface area (Å²) in [5.41, 5.74) is 8.02. The summed E-state index contributed by atoms with van der Waals surface area (Å²) in [6.07, 6.45) is 0. The maximum atomic E-state index is 13.8. The molecule has 108 valence electrons. The molecule has 0 spiro atoms. The molecule has 3 rings (SSSR count). The lowest BCUT2D eigenvalue weighted by Crippen LogP contribution is -2.10. The highest BCUT2D eigenvalue weighted by Gasteiger charge is 2.17. The highest BCUT2D eigenvalue weighted by atomic mass is 19.1. The van der Waals surface area contributed by atoms with E-state index in [9.17, 15) is 4.39 Å². The lowest BCUT2D eigenvalue weighted by atomic mass is 10.1. The molecule has 1 unspecified atom stereocenters. The molecule has 2 aromatic carbocycles. The van der Waals surface area contributed by atoms with Crippen molar-refractivity contribution in [3.8, 4) is 5.75 Å². The minimum atomic E-state index is -0.361. The molecule has 21 heavy (non-hydrogen) atoms. The van der Waals surface area contributed by atoms with Gasteiger partial charge in [0.15, 0.2) is 5.82 Å². The number of imidazole rings is 1. The van der Waals surface area contributed by atoms with Crippen molar-refractivity contribution >= 4 is 17.0 Å². The van der Waals surface area contributed by atoms with Gasteiger partial charge in [-0.2, -0.15) is 0 Å². The second-order valence-electron chi connectivity index (χ2n) is 4.90. The fourth-order valence-electron chi connectivity index (χ4n) is 2.54. The summed E-state index contributed by atoms with van der Waals surface area (Å²) >= 11 is 0. The Morgan fingerprint density at radius 1 is 1.19 bits per heavy atom. The topological polar surface area (TPSA) is 53.1 Å². The molecule has 0 aliphatic rings. The van der Waals surface area contributed by atoms with Gasteiger partial charge in [-0.25, -0.2) is 9.37 Å². The predicted octanol–water partition coefficient (Wildman–Crippen LogP) is 3.38. The number of methoxy groups -OCH3 is 1. The molecule has 0 amide bonds. The van der Waals surface area contributed by atoms with Gasteiger partial charge < -0.3 is 15.0 Å². The number of rotatable bonds is 3. The summed E-state index contributed by atoms with van der Waals surface area (Å²) in [6.45, 7) is 2.00. The van der Waals surface area contributed by atoms with Gasteiger partial charge in [0, 0.05) is 0 Å². The molecular weight excluding hydrogens is 269 g/mol. The third-order valence-corrected chi connectivity index (χ3v) is 3.68. The van der Waals surface area contributed by atoms with Crippen molar-refractivity contribution < 1.29 is 9.13 Å². The highest BCUT2D eigenvalue weighted by molar-refractivity contribution is 5.79. The SMILES string of the molecule is COc1ccc(C(C)n2c(N)nc3c(F)cccc32)cc1. The highest BCUT2D eigenvalue weighted by Crippen LogP contribution is 2.29. The van der Waals surface area contributed by atoms with E-state index >= 15 is 0 Å². The van der Waals surface area contributed by atoms with E-state index in [-0.39, 0.29) is 11.9 Å². The number of para-hydroxylation sites is 1. The molecule has 1 atom stereocenters. The van der Waals surface area contributed by atoms with Crippen molar-refractivity contribution in [2.75, 3.05) is 12.8 Å². The number of hydrogen-bond donors (Lipinski definition) is 1. The largest absolute Gasteiger partial charge is 0.497 e. The van der Waals surface area contributed by atoms with Crippen LogP contribution in [0.25, 0.3) is 11.0 Å². The number of ether oxygens (including phenoxy) is 1. The monoisotopic (exact) mass is 285 g/mol. The Bertz CT molecular complexity index is 780. The molecule has 1 heterocycles. The number of nitrogens with two attached hydrogens (primary N) is 1. The Kier molecular flexibility index (Phi) is 3.25. The van der Waals surface area contributed by atoms with Crippen molar-refractivity contribution in [1.82, 2.24) is 9.55 Å². The molecule has 5 heteroatoms. The molecule has 0 radical (unpaired) electrons. The number of anilines is 1. The summed E-state index contributed by atoms with van der Waals surface area (Å²) in [5.74, 6) is 0.735. The Morgan fingerprint density at radius 3 is 2.57 bits per heavy atom. The van der Waals surface area contributed by atoms with Gasteiger partial charge in [0.2, 0.25) is 5.95 Å². The number of benzene rings is 2. The van der Waals surface area contributed by atoms with Gasteiger partial charge in [-0.1, -0.05) is 18.2 Å². The zero-order valence-corrected chi connectivity index (χ0v) is 11.9. The quantitative estimate of drug-likeness (QED) is 0.802. The Balaban J connectivity index is 2.10. The van der Waals surface area contributed by atoms with E-state index in [2.05, 4.69) is 4.98 Å². The molecule has 2 N–H and O–H groups in total. The smallest absolute Gasteiger partial charge is 0.201 e. The van der Waals surface area contributed by atoms with Gasteiger partial charge in [0.05, 0.1) is 18.7 Å². The fourth-order valence-corrected chi connectivity index (χ4v) is 2.54. The minimum absolute atomic E-state index is 0.0530. The van der Waals surface area contributed by atoms with Crippen molar-refractivity contribution in [3.63, 3.8) is 0 Å². The number of nitrogens with zero attached hydrogens (tertiary/aromatic N) is 2. The van der Waals surface area contributed by atoms with E-state index < -0.39 is 0 Å². The number of aromatic nitrogens is 2. The molecular formula is C16H16FN3O. The van der Waals surface area contributed by atoms with Gasteiger partial charge in [-0.3, -0.25) is 0 Å². The van der Waals surface area contributed by atoms with E-state index in [1.54, 1.807) is 13.2 Å². The lowest BCUT2D eigenvalue weighted by Gasteiger charge is -2.17. The maximum Gasteiger partial charge on any atom is 0.201 e. The Hall–Kier alpha value is -2.56. The molecule has 1 aromatic heterocycles. The minimum Gasteiger partial charge on any atom is -0.497 e. The molecule has 0 saturated heterocycles. The van der Waals surface area contributed by atoms with E-state index in [0.29, 0.717) is 17.0 Å². The normalized spacial score (nSPS) is 12.5.